The van der Waals surface area contributed by atoms with Crippen LogP contribution < -0.4 is 22.4 Å². The van der Waals surface area contributed by atoms with Gasteiger partial charge in [0.15, 0.2) is 0 Å². The van der Waals surface area contributed by atoms with Crippen molar-refractivity contribution in [3.63, 3.8) is 0 Å². The standard InChI is InChI=1S/C9H13N5O3/c1-5-6(8(16)13-9(17)12-5)4-11-14-7(15)2-3-10/h4H,2-3,10H2,1H3,(H,14,15)(H2,12,13,16,17)/p+1. The number of nitrogens with zero attached hydrogens (tertiary/aromatic N) is 1. The van der Waals surface area contributed by atoms with Gasteiger partial charge in [0.05, 0.1) is 24.7 Å². The van der Waals surface area contributed by atoms with Crippen LogP contribution in [0.5, 0.6) is 0 Å². The number of aryl methyl sites for hydroxylation is 1. The molecule has 0 atom stereocenters. The van der Waals surface area contributed by atoms with Crippen LogP contribution in [0, 0.1) is 6.92 Å². The Hall–Kier alpha value is -2.22. The lowest BCUT2D eigenvalue weighted by molar-refractivity contribution is -0.366. The summed E-state index contributed by atoms with van der Waals surface area (Å²) >= 11 is 0. The van der Waals surface area contributed by atoms with Crippen LogP contribution in [-0.4, -0.2) is 28.6 Å². The Labute approximate surface area is 95.9 Å². The predicted molar refractivity (Wildman–Crippen MR) is 60.5 cm³/mol. The maximum atomic E-state index is 11.4. The summed E-state index contributed by atoms with van der Waals surface area (Å²) in [5.41, 5.74) is 5.21. The fraction of sp³-hybridized carbons (Fsp3) is 0.333. The molecule has 0 aliphatic carbocycles. The SMILES string of the molecule is Cc1[nH]c(=O)[nH]c(=O)c1C=NNC(=O)CC[NH3+]. The Kier molecular flexibility index (Phi) is 4.35. The Morgan fingerprint density at radius 2 is 2.18 bits per heavy atom. The topological polar surface area (TPSA) is 135 Å². The normalized spacial score (nSPS) is 10.7. The number of carbonyl (C=O) groups excluding carboxylic acids is 1. The second kappa shape index (κ2) is 5.75. The first-order valence-electron chi connectivity index (χ1n) is 4.99. The number of hydrogen-bond acceptors (Lipinski definition) is 4. The molecule has 92 valence electrons. The number of H-pyrrole nitrogens is 2. The summed E-state index contributed by atoms with van der Waals surface area (Å²) in [4.78, 5) is 37.8. The maximum absolute atomic E-state index is 11.4. The highest BCUT2D eigenvalue weighted by Crippen LogP contribution is 1.89. The molecular formula is C9H14N5O3+. The van der Waals surface area contributed by atoms with Crippen LogP contribution in [0.1, 0.15) is 17.7 Å². The molecule has 1 rings (SSSR count). The lowest BCUT2D eigenvalue weighted by Crippen LogP contribution is -2.51. The molecule has 6 N–H and O–H groups in total. The number of amides is 1. The van der Waals surface area contributed by atoms with Crippen LogP contribution in [0.2, 0.25) is 0 Å². The number of carbonyl (C=O) groups is 1. The van der Waals surface area contributed by atoms with Gasteiger partial charge < -0.3 is 10.7 Å². The van der Waals surface area contributed by atoms with Crippen LogP contribution in [0.25, 0.3) is 0 Å². The van der Waals surface area contributed by atoms with E-state index in [1.165, 1.54) is 6.21 Å². The summed E-state index contributed by atoms with van der Waals surface area (Å²) in [6, 6.07) is 0. The van der Waals surface area contributed by atoms with E-state index in [-0.39, 0.29) is 17.9 Å². The van der Waals surface area contributed by atoms with Crippen molar-refractivity contribution in [2.75, 3.05) is 6.54 Å². The minimum absolute atomic E-state index is 0.194. The summed E-state index contributed by atoms with van der Waals surface area (Å²) in [5.74, 6) is -0.283. The van der Waals surface area contributed by atoms with Crippen molar-refractivity contribution in [2.45, 2.75) is 13.3 Å². The van der Waals surface area contributed by atoms with Crippen LogP contribution in [0.3, 0.4) is 0 Å². The molecule has 0 fully saturated rings. The third-order valence-corrected chi connectivity index (χ3v) is 1.96. The van der Waals surface area contributed by atoms with Crippen LogP contribution in [0.15, 0.2) is 14.7 Å². The number of rotatable bonds is 4. The summed E-state index contributed by atoms with van der Waals surface area (Å²) in [6.07, 6.45) is 1.45. The van der Waals surface area contributed by atoms with E-state index >= 15 is 0 Å². The Bertz CT molecular complexity index is 542. The quantitative estimate of drug-likeness (QED) is 0.341. The molecule has 17 heavy (non-hydrogen) atoms. The minimum atomic E-state index is -0.578. The molecule has 1 amide bonds. The molecule has 0 aromatic carbocycles. The van der Waals surface area contributed by atoms with E-state index in [1.54, 1.807) is 6.92 Å². The number of hydrazone groups is 1. The van der Waals surface area contributed by atoms with Gasteiger partial charge >= 0.3 is 5.69 Å². The van der Waals surface area contributed by atoms with Crippen LogP contribution in [-0.2, 0) is 4.79 Å². The largest absolute Gasteiger partial charge is 0.357 e. The first kappa shape index (κ1) is 12.8. The Balaban J connectivity index is 2.82. The molecule has 0 aliphatic rings. The minimum Gasteiger partial charge on any atom is -0.357 e. The zero-order valence-electron chi connectivity index (χ0n) is 9.37. The van der Waals surface area contributed by atoms with Crippen molar-refractivity contribution in [1.82, 2.24) is 15.4 Å². The van der Waals surface area contributed by atoms with Crippen molar-refractivity contribution in [2.24, 2.45) is 5.10 Å². The number of quaternary nitrogens is 1. The molecule has 1 aromatic rings. The van der Waals surface area contributed by atoms with Gasteiger partial charge in [-0.1, -0.05) is 0 Å². The number of aromatic nitrogens is 2. The number of aromatic amines is 2. The van der Waals surface area contributed by atoms with Gasteiger partial charge in [-0.2, -0.15) is 5.10 Å². The third kappa shape index (κ3) is 3.68. The smallest absolute Gasteiger partial charge is 0.325 e. The average molecular weight is 240 g/mol. The summed E-state index contributed by atoms with van der Waals surface area (Å²) in [6.45, 7) is 2.04. The van der Waals surface area contributed by atoms with Crippen molar-refractivity contribution >= 4 is 12.1 Å². The van der Waals surface area contributed by atoms with Gasteiger partial charge in [0.1, 0.15) is 0 Å². The van der Waals surface area contributed by atoms with Crippen molar-refractivity contribution in [1.29, 1.82) is 0 Å². The molecule has 8 nitrogen and oxygen atoms in total. The van der Waals surface area contributed by atoms with Gasteiger partial charge in [-0.15, -0.1) is 0 Å². The molecule has 0 aliphatic heterocycles. The fourth-order valence-corrected chi connectivity index (χ4v) is 1.15. The molecule has 0 spiro atoms. The molecule has 0 saturated heterocycles. The molecule has 0 bridgehead atoms. The second-order valence-corrected chi connectivity index (χ2v) is 3.34. The zero-order chi connectivity index (χ0) is 12.8. The van der Waals surface area contributed by atoms with E-state index in [9.17, 15) is 14.4 Å². The van der Waals surface area contributed by atoms with E-state index in [2.05, 4.69) is 26.2 Å². The second-order valence-electron chi connectivity index (χ2n) is 3.34. The van der Waals surface area contributed by atoms with Gasteiger partial charge in [0.25, 0.3) is 5.56 Å². The highest BCUT2D eigenvalue weighted by atomic mass is 16.2. The highest BCUT2D eigenvalue weighted by Gasteiger charge is 2.03. The summed E-state index contributed by atoms with van der Waals surface area (Å²) in [5, 5.41) is 3.62. The van der Waals surface area contributed by atoms with Gasteiger partial charge in [-0.3, -0.25) is 14.6 Å². The molecule has 1 heterocycles. The fourth-order valence-electron chi connectivity index (χ4n) is 1.15. The summed E-state index contributed by atoms with van der Waals surface area (Å²) in [7, 11) is 0. The molecule has 0 radical (unpaired) electrons. The lowest BCUT2D eigenvalue weighted by atomic mass is 10.2. The van der Waals surface area contributed by atoms with Gasteiger partial charge in [0.2, 0.25) is 5.91 Å². The third-order valence-electron chi connectivity index (χ3n) is 1.96. The number of nitrogens with one attached hydrogen (secondary N) is 3. The highest BCUT2D eigenvalue weighted by molar-refractivity contribution is 5.82. The lowest BCUT2D eigenvalue weighted by Gasteiger charge is -1.98. The van der Waals surface area contributed by atoms with Gasteiger partial charge in [-0.05, 0) is 6.92 Å². The molecule has 0 unspecified atom stereocenters. The monoisotopic (exact) mass is 240 g/mol. The first-order valence-corrected chi connectivity index (χ1v) is 4.99. The van der Waals surface area contributed by atoms with E-state index in [1.807, 2.05) is 0 Å². The van der Waals surface area contributed by atoms with E-state index < -0.39 is 11.2 Å². The van der Waals surface area contributed by atoms with E-state index in [0.717, 1.165) is 0 Å². The average Bonchev–Trinajstić information content (AvgIpc) is 2.22. The van der Waals surface area contributed by atoms with Crippen molar-refractivity contribution in [3.8, 4) is 0 Å². The van der Waals surface area contributed by atoms with E-state index in [0.29, 0.717) is 12.2 Å². The molecule has 0 saturated carbocycles. The Morgan fingerprint density at radius 3 is 2.76 bits per heavy atom. The first-order chi connectivity index (χ1) is 8.04. The summed E-state index contributed by atoms with van der Waals surface area (Å²) < 4.78 is 0. The van der Waals surface area contributed by atoms with Crippen LogP contribution in [0.4, 0.5) is 0 Å². The van der Waals surface area contributed by atoms with Gasteiger partial charge in [0, 0.05) is 5.69 Å². The number of hydrogen-bond donors (Lipinski definition) is 4. The van der Waals surface area contributed by atoms with E-state index in [4.69, 9.17) is 0 Å². The molecule has 1 aromatic heterocycles. The van der Waals surface area contributed by atoms with Crippen molar-refractivity contribution in [3.05, 3.63) is 32.1 Å². The van der Waals surface area contributed by atoms with Crippen LogP contribution >= 0.6 is 0 Å². The predicted octanol–water partition coefficient (Wildman–Crippen LogP) is -2.55. The van der Waals surface area contributed by atoms with Gasteiger partial charge in [-0.25, -0.2) is 10.2 Å². The zero-order valence-corrected chi connectivity index (χ0v) is 9.37. The molecule has 8 heteroatoms. The molecular weight excluding hydrogens is 226 g/mol. The Morgan fingerprint density at radius 1 is 1.47 bits per heavy atom. The van der Waals surface area contributed by atoms with Crippen molar-refractivity contribution < 1.29 is 10.5 Å². The maximum Gasteiger partial charge on any atom is 0.325 e.